The molecule has 0 aliphatic rings. The van der Waals surface area contributed by atoms with Gasteiger partial charge in [-0.05, 0) is 42.1 Å². The summed E-state index contributed by atoms with van der Waals surface area (Å²) >= 11 is 2.42. The number of para-hydroxylation sites is 1. The monoisotopic (exact) mass is 327 g/mol. The van der Waals surface area contributed by atoms with Gasteiger partial charge in [-0.15, -0.1) is 0 Å². The molecule has 0 aliphatic carbocycles. The minimum atomic E-state index is -0.586. The van der Waals surface area contributed by atoms with E-state index in [1.54, 1.807) is 24.3 Å². The number of hydrogen-bond acceptors (Lipinski definition) is 6. The smallest absolute Gasteiger partial charge is 0.410 e. The lowest BCUT2D eigenvalue weighted by atomic mass is 10.3. The number of rotatable bonds is 3. The summed E-state index contributed by atoms with van der Waals surface area (Å²) in [5.41, 5.74) is 0.766. The number of nitrogens with one attached hydrogen (secondary N) is 1. The molecule has 0 saturated heterocycles. The topological polar surface area (TPSA) is 75.0 Å². The third-order valence-corrected chi connectivity index (χ3v) is 4.20. The fraction of sp³-hybridized carbons (Fsp3) is 0. The van der Waals surface area contributed by atoms with Gasteiger partial charge in [0.05, 0.1) is 10.2 Å². The number of thiazole rings is 1. The number of thiocyanates is 1. The number of nitriles is 1. The number of ether oxygens (including phenoxy) is 1. The fourth-order valence-electron chi connectivity index (χ4n) is 1.78. The van der Waals surface area contributed by atoms with E-state index in [-0.39, 0.29) is 0 Å². The minimum absolute atomic E-state index is 0.454. The van der Waals surface area contributed by atoms with Crippen LogP contribution in [0.4, 0.5) is 9.93 Å². The van der Waals surface area contributed by atoms with Gasteiger partial charge in [0, 0.05) is 4.90 Å². The summed E-state index contributed by atoms with van der Waals surface area (Å²) in [5, 5.41) is 13.8. The quantitative estimate of drug-likeness (QED) is 0.567. The van der Waals surface area contributed by atoms with E-state index in [2.05, 4.69) is 10.3 Å². The van der Waals surface area contributed by atoms with Crippen LogP contribution in [0.15, 0.2) is 53.4 Å². The normalized spacial score (nSPS) is 10.1. The second kappa shape index (κ2) is 6.47. The second-order valence-electron chi connectivity index (χ2n) is 4.17. The number of thioether (sulfide) groups is 1. The Labute approximate surface area is 134 Å². The zero-order valence-electron chi connectivity index (χ0n) is 11.1. The van der Waals surface area contributed by atoms with Crippen LogP contribution in [-0.2, 0) is 0 Å². The molecule has 5 nitrogen and oxygen atoms in total. The molecule has 0 radical (unpaired) electrons. The van der Waals surface area contributed by atoms with Crippen LogP contribution >= 0.6 is 23.1 Å². The SMILES string of the molecule is N#CSc1ccc2nc(NC(=O)Oc3ccccc3)sc2c1. The highest BCUT2D eigenvalue weighted by Crippen LogP contribution is 2.30. The summed E-state index contributed by atoms with van der Waals surface area (Å²) in [7, 11) is 0. The summed E-state index contributed by atoms with van der Waals surface area (Å²) in [6, 6.07) is 14.3. The fourth-order valence-corrected chi connectivity index (χ4v) is 3.17. The standard InChI is InChI=1S/C15H9N3O2S2/c16-9-21-11-6-7-12-13(8-11)22-14(17-12)18-15(19)20-10-4-2-1-3-5-10/h1-8H,(H,17,18,19). The maximum absolute atomic E-state index is 11.8. The molecule has 0 saturated carbocycles. The summed E-state index contributed by atoms with van der Waals surface area (Å²) in [5.74, 6) is 0.466. The molecule has 22 heavy (non-hydrogen) atoms. The molecule has 7 heteroatoms. The van der Waals surface area contributed by atoms with Crippen LogP contribution in [0.2, 0.25) is 0 Å². The van der Waals surface area contributed by atoms with Crippen molar-refractivity contribution in [2.75, 3.05) is 5.32 Å². The Balaban J connectivity index is 1.73. The first-order chi connectivity index (χ1) is 10.7. The highest BCUT2D eigenvalue weighted by Gasteiger charge is 2.10. The van der Waals surface area contributed by atoms with Gasteiger partial charge in [-0.2, -0.15) is 5.26 Å². The number of fused-ring (bicyclic) bond motifs is 1. The predicted molar refractivity (Wildman–Crippen MR) is 87.2 cm³/mol. The molecule has 3 aromatic rings. The van der Waals surface area contributed by atoms with Crippen molar-refractivity contribution in [2.24, 2.45) is 0 Å². The molecule has 0 bridgehead atoms. The lowest BCUT2D eigenvalue weighted by Crippen LogP contribution is -2.16. The van der Waals surface area contributed by atoms with Crippen molar-refractivity contribution in [1.29, 1.82) is 5.26 Å². The summed E-state index contributed by atoms with van der Waals surface area (Å²) in [6.45, 7) is 0. The van der Waals surface area contributed by atoms with E-state index in [9.17, 15) is 4.79 Å². The first-order valence-corrected chi connectivity index (χ1v) is 7.88. The molecule has 0 aliphatic heterocycles. The number of hydrogen-bond donors (Lipinski definition) is 1. The van der Waals surface area contributed by atoms with E-state index >= 15 is 0 Å². The average molecular weight is 327 g/mol. The molecule has 1 aromatic heterocycles. The van der Waals surface area contributed by atoms with Crippen LogP contribution in [0.25, 0.3) is 10.2 Å². The van der Waals surface area contributed by atoms with Crippen molar-refractivity contribution >= 4 is 44.5 Å². The van der Waals surface area contributed by atoms with Crippen LogP contribution in [0.3, 0.4) is 0 Å². The molecule has 1 amide bonds. The Bertz CT molecular complexity index is 856. The molecule has 0 unspecified atom stereocenters. The Hall–Kier alpha value is -2.56. The number of aromatic nitrogens is 1. The molecule has 0 spiro atoms. The van der Waals surface area contributed by atoms with E-state index in [1.807, 2.05) is 29.7 Å². The largest absolute Gasteiger partial charge is 0.418 e. The molecule has 1 N–H and O–H groups in total. The molecular weight excluding hydrogens is 318 g/mol. The van der Waals surface area contributed by atoms with Gasteiger partial charge in [0.15, 0.2) is 5.13 Å². The zero-order valence-corrected chi connectivity index (χ0v) is 12.8. The molecule has 108 valence electrons. The van der Waals surface area contributed by atoms with Crippen LogP contribution in [0.5, 0.6) is 5.75 Å². The van der Waals surface area contributed by atoms with E-state index in [1.165, 1.54) is 11.3 Å². The van der Waals surface area contributed by atoms with Gasteiger partial charge in [0.2, 0.25) is 0 Å². The van der Waals surface area contributed by atoms with Crippen molar-refractivity contribution in [1.82, 2.24) is 4.98 Å². The van der Waals surface area contributed by atoms with E-state index in [4.69, 9.17) is 10.00 Å². The zero-order chi connectivity index (χ0) is 15.4. The Kier molecular flexibility index (Phi) is 4.23. The van der Waals surface area contributed by atoms with Crippen molar-refractivity contribution in [3.63, 3.8) is 0 Å². The van der Waals surface area contributed by atoms with Gasteiger partial charge in [-0.25, -0.2) is 9.78 Å². The number of carbonyl (C=O) groups is 1. The molecule has 3 rings (SSSR count). The Morgan fingerprint density at radius 3 is 2.86 bits per heavy atom. The predicted octanol–water partition coefficient (Wildman–Crippen LogP) is 4.48. The van der Waals surface area contributed by atoms with Crippen molar-refractivity contribution < 1.29 is 9.53 Å². The van der Waals surface area contributed by atoms with Gasteiger partial charge in [0.1, 0.15) is 11.2 Å². The number of benzene rings is 2. The number of carbonyl (C=O) groups excluding carboxylic acids is 1. The third-order valence-electron chi connectivity index (χ3n) is 2.69. The van der Waals surface area contributed by atoms with Gasteiger partial charge < -0.3 is 4.74 Å². The lowest BCUT2D eigenvalue weighted by molar-refractivity contribution is 0.215. The van der Waals surface area contributed by atoms with E-state index < -0.39 is 6.09 Å². The first kappa shape index (κ1) is 14.4. The first-order valence-electron chi connectivity index (χ1n) is 6.25. The Morgan fingerprint density at radius 1 is 1.27 bits per heavy atom. The number of amides is 1. The molecule has 0 fully saturated rings. The van der Waals surface area contributed by atoms with E-state index in [0.717, 1.165) is 26.9 Å². The molecule has 0 atom stereocenters. The number of nitrogens with zero attached hydrogens (tertiary/aromatic N) is 2. The van der Waals surface area contributed by atoms with Gasteiger partial charge in [0.25, 0.3) is 0 Å². The second-order valence-corrected chi connectivity index (χ2v) is 6.06. The van der Waals surface area contributed by atoms with Crippen LogP contribution in [0.1, 0.15) is 0 Å². The van der Waals surface area contributed by atoms with E-state index in [0.29, 0.717) is 10.9 Å². The van der Waals surface area contributed by atoms with Crippen LogP contribution in [-0.4, -0.2) is 11.1 Å². The molecule has 1 heterocycles. The van der Waals surface area contributed by atoms with Gasteiger partial charge in [-0.3, -0.25) is 5.32 Å². The summed E-state index contributed by atoms with van der Waals surface area (Å²) < 4.78 is 6.04. The van der Waals surface area contributed by atoms with Gasteiger partial charge in [-0.1, -0.05) is 29.5 Å². The maximum Gasteiger partial charge on any atom is 0.418 e. The van der Waals surface area contributed by atoms with Crippen molar-refractivity contribution in [3.8, 4) is 11.2 Å². The minimum Gasteiger partial charge on any atom is -0.410 e. The van der Waals surface area contributed by atoms with Crippen LogP contribution < -0.4 is 10.1 Å². The highest BCUT2D eigenvalue weighted by molar-refractivity contribution is 8.03. The molecule has 2 aromatic carbocycles. The van der Waals surface area contributed by atoms with Crippen molar-refractivity contribution in [3.05, 3.63) is 48.5 Å². The van der Waals surface area contributed by atoms with Crippen molar-refractivity contribution in [2.45, 2.75) is 4.90 Å². The average Bonchev–Trinajstić information content (AvgIpc) is 2.89. The van der Waals surface area contributed by atoms with Crippen LogP contribution in [0, 0.1) is 10.7 Å². The summed E-state index contributed by atoms with van der Waals surface area (Å²) in [4.78, 5) is 17.0. The Morgan fingerprint density at radius 2 is 2.09 bits per heavy atom. The highest BCUT2D eigenvalue weighted by atomic mass is 32.2. The number of anilines is 1. The maximum atomic E-state index is 11.8. The summed E-state index contributed by atoms with van der Waals surface area (Å²) in [6.07, 6.45) is -0.586. The lowest BCUT2D eigenvalue weighted by Gasteiger charge is -2.03. The molecular formula is C15H9N3O2S2. The van der Waals surface area contributed by atoms with Gasteiger partial charge >= 0.3 is 6.09 Å². The third kappa shape index (κ3) is 3.36.